The van der Waals surface area contributed by atoms with Crippen LogP contribution in [0.2, 0.25) is 0 Å². The molecule has 4 rings (SSSR count). The number of hydrogen-bond acceptors (Lipinski definition) is 7. The fourth-order valence-electron chi connectivity index (χ4n) is 3.41. The molecule has 7 nitrogen and oxygen atoms in total. The number of carbonyl (C=O) groups is 3. The zero-order valence-corrected chi connectivity index (χ0v) is 17.9. The number of halogens is 1. The van der Waals surface area contributed by atoms with E-state index < -0.39 is 49.2 Å². The van der Waals surface area contributed by atoms with Crippen molar-refractivity contribution in [3.63, 3.8) is 0 Å². The van der Waals surface area contributed by atoms with E-state index in [1.165, 1.54) is 24.3 Å². The van der Waals surface area contributed by atoms with Crippen LogP contribution in [0.25, 0.3) is 0 Å². The van der Waals surface area contributed by atoms with Gasteiger partial charge in [-0.2, -0.15) is 0 Å². The van der Waals surface area contributed by atoms with Crippen molar-refractivity contribution in [3.05, 3.63) is 108 Å². The zero-order chi connectivity index (χ0) is 23.9. The molecule has 0 radical (unpaired) electrons. The summed E-state index contributed by atoms with van der Waals surface area (Å²) >= 11 is 0. The summed E-state index contributed by atoms with van der Waals surface area (Å²) < 4.78 is 36.3. The third kappa shape index (κ3) is 5.47. The van der Waals surface area contributed by atoms with Crippen molar-refractivity contribution < 1.29 is 37.7 Å². The van der Waals surface area contributed by atoms with Gasteiger partial charge in [-0.1, -0.05) is 54.6 Å². The fraction of sp³-hybridized carbons (Fsp3) is 0.192. The molecule has 1 heterocycles. The SMILES string of the molecule is O=C(O[C@@H]1[C@@H](OC(=O)c2ccccc2)[C@H](OC(=O)c2ccccc2)CO[C@H]1F)c1ccccc1. The normalized spacial score (nSPS) is 21.8. The van der Waals surface area contributed by atoms with E-state index in [0.717, 1.165) is 0 Å². The standard InChI is InChI=1S/C26H21FO7/c27-23-22(34-26(30)19-14-8-3-9-15-19)21(33-25(29)18-12-6-2-7-13-18)20(16-31-23)32-24(28)17-10-4-1-5-11-17/h1-15,20-23H,16H2/t20-,21+,22-,23-/m1/s1. The molecule has 0 unspecified atom stereocenters. The highest BCUT2D eigenvalue weighted by atomic mass is 19.1. The smallest absolute Gasteiger partial charge is 0.338 e. The summed E-state index contributed by atoms with van der Waals surface area (Å²) in [5.41, 5.74) is 0.618. The first kappa shape index (κ1) is 23.1. The van der Waals surface area contributed by atoms with Gasteiger partial charge < -0.3 is 18.9 Å². The average molecular weight is 464 g/mol. The summed E-state index contributed by atoms with van der Waals surface area (Å²) in [4.78, 5) is 38.0. The van der Waals surface area contributed by atoms with Crippen molar-refractivity contribution >= 4 is 17.9 Å². The quantitative estimate of drug-likeness (QED) is 0.403. The first-order valence-corrected chi connectivity index (χ1v) is 10.6. The lowest BCUT2D eigenvalue weighted by molar-refractivity contribution is -0.225. The highest BCUT2D eigenvalue weighted by Gasteiger charge is 2.48. The molecule has 0 aromatic heterocycles. The lowest BCUT2D eigenvalue weighted by atomic mass is 10.0. The summed E-state index contributed by atoms with van der Waals surface area (Å²) in [5, 5.41) is 0. The zero-order valence-electron chi connectivity index (χ0n) is 17.9. The van der Waals surface area contributed by atoms with Crippen LogP contribution < -0.4 is 0 Å². The second kappa shape index (κ2) is 10.7. The van der Waals surface area contributed by atoms with Crippen LogP contribution in [0.4, 0.5) is 4.39 Å². The maximum atomic E-state index is 14.8. The van der Waals surface area contributed by atoms with Crippen molar-refractivity contribution in [2.45, 2.75) is 24.7 Å². The Labute approximate surface area is 195 Å². The van der Waals surface area contributed by atoms with Gasteiger partial charge in [0.15, 0.2) is 18.3 Å². The molecule has 1 aliphatic heterocycles. The molecule has 0 aliphatic carbocycles. The molecule has 3 aromatic rings. The number of rotatable bonds is 6. The minimum atomic E-state index is -2.10. The molecule has 34 heavy (non-hydrogen) atoms. The largest absolute Gasteiger partial charge is 0.452 e. The van der Waals surface area contributed by atoms with Crippen molar-refractivity contribution in [3.8, 4) is 0 Å². The Balaban J connectivity index is 1.59. The summed E-state index contributed by atoms with van der Waals surface area (Å²) in [5.74, 6) is -2.35. The molecule has 1 saturated heterocycles. The molecule has 0 bridgehead atoms. The average Bonchev–Trinajstić information content (AvgIpc) is 2.89. The Bertz CT molecular complexity index is 1120. The van der Waals surface area contributed by atoms with Crippen LogP contribution in [0, 0.1) is 0 Å². The van der Waals surface area contributed by atoms with Crippen LogP contribution in [0.15, 0.2) is 91.0 Å². The molecule has 4 atom stereocenters. The van der Waals surface area contributed by atoms with Crippen LogP contribution in [0.5, 0.6) is 0 Å². The van der Waals surface area contributed by atoms with Gasteiger partial charge in [0.05, 0.1) is 23.3 Å². The maximum Gasteiger partial charge on any atom is 0.338 e. The van der Waals surface area contributed by atoms with Crippen LogP contribution in [-0.4, -0.2) is 49.2 Å². The van der Waals surface area contributed by atoms with E-state index in [-0.39, 0.29) is 16.7 Å². The number of benzene rings is 3. The van der Waals surface area contributed by atoms with Crippen LogP contribution >= 0.6 is 0 Å². The molecular weight excluding hydrogens is 443 g/mol. The van der Waals surface area contributed by atoms with Crippen molar-refractivity contribution in [2.75, 3.05) is 6.61 Å². The second-order valence-corrected chi connectivity index (χ2v) is 7.47. The molecule has 0 spiro atoms. The molecule has 0 saturated carbocycles. The number of carbonyl (C=O) groups excluding carboxylic acids is 3. The van der Waals surface area contributed by atoms with Gasteiger partial charge in [0.1, 0.15) is 0 Å². The molecule has 8 heteroatoms. The van der Waals surface area contributed by atoms with Crippen LogP contribution in [-0.2, 0) is 18.9 Å². The Kier molecular flexibility index (Phi) is 7.29. The van der Waals surface area contributed by atoms with Gasteiger partial charge >= 0.3 is 17.9 Å². The summed E-state index contributed by atoms with van der Waals surface area (Å²) in [6, 6.07) is 24.1. The van der Waals surface area contributed by atoms with E-state index in [0.29, 0.717) is 0 Å². The van der Waals surface area contributed by atoms with E-state index in [9.17, 15) is 18.8 Å². The summed E-state index contributed by atoms with van der Waals surface area (Å²) in [6.45, 7) is -0.397. The number of hydrogen-bond donors (Lipinski definition) is 0. The highest BCUT2D eigenvalue weighted by molar-refractivity contribution is 5.91. The Morgan fingerprint density at radius 2 is 1.00 bits per heavy atom. The molecular formula is C26H21FO7. The van der Waals surface area contributed by atoms with E-state index in [2.05, 4.69) is 0 Å². The van der Waals surface area contributed by atoms with Gasteiger partial charge in [0.25, 0.3) is 0 Å². The molecule has 3 aromatic carbocycles. The predicted octanol–water partition coefficient (Wildman–Crippen LogP) is 3.99. The molecule has 0 amide bonds. The van der Waals surface area contributed by atoms with Gasteiger partial charge in [-0.3, -0.25) is 0 Å². The third-order valence-corrected chi connectivity index (χ3v) is 5.14. The minimum Gasteiger partial charge on any atom is -0.452 e. The topological polar surface area (TPSA) is 88.1 Å². The Morgan fingerprint density at radius 1 is 0.618 bits per heavy atom. The summed E-state index contributed by atoms with van der Waals surface area (Å²) in [6.07, 6.45) is -6.44. The van der Waals surface area contributed by atoms with Gasteiger partial charge in [-0.25, -0.2) is 18.8 Å². The lowest BCUT2D eigenvalue weighted by Crippen LogP contribution is -2.56. The molecule has 0 N–H and O–H groups in total. The first-order valence-electron chi connectivity index (χ1n) is 10.6. The minimum absolute atomic E-state index is 0.172. The highest BCUT2D eigenvalue weighted by Crippen LogP contribution is 2.27. The lowest BCUT2D eigenvalue weighted by Gasteiger charge is -2.37. The van der Waals surface area contributed by atoms with Crippen molar-refractivity contribution in [1.82, 2.24) is 0 Å². The third-order valence-electron chi connectivity index (χ3n) is 5.14. The predicted molar refractivity (Wildman–Crippen MR) is 118 cm³/mol. The van der Waals surface area contributed by atoms with Crippen LogP contribution in [0.3, 0.4) is 0 Å². The van der Waals surface area contributed by atoms with Crippen LogP contribution in [0.1, 0.15) is 31.1 Å². The Hall–Kier alpha value is -4.04. The van der Waals surface area contributed by atoms with Crippen molar-refractivity contribution in [2.24, 2.45) is 0 Å². The fourth-order valence-corrected chi connectivity index (χ4v) is 3.41. The van der Waals surface area contributed by atoms with E-state index in [4.69, 9.17) is 18.9 Å². The van der Waals surface area contributed by atoms with E-state index >= 15 is 0 Å². The van der Waals surface area contributed by atoms with Gasteiger partial charge in [-0.15, -0.1) is 0 Å². The van der Waals surface area contributed by atoms with E-state index in [1.807, 2.05) is 0 Å². The number of esters is 3. The molecule has 174 valence electrons. The molecule has 1 aliphatic rings. The second-order valence-electron chi connectivity index (χ2n) is 7.47. The maximum absolute atomic E-state index is 14.8. The van der Waals surface area contributed by atoms with Gasteiger partial charge in [0, 0.05) is 0 Å². The summed E-state index contributed by atoms with van der Waals surface area (Å²) in [7, 11) is 0. The molecule has 1 fully saturated rings. The number of ether oxygens (including phenoxy) is 4. The van der Waals surface area contributed by atoms with E-state index in [1.54, 1.807) is 66.7 Å². The van der Waals surface area contributed by atoms with Gasteiger partial charge in [-0.05, 0) is 36.4 Å². The monoisotopic (exact) mass is 464 g/mol. The van der Waals surface area contributed by atoms with Gasteiger partial charge in [0.2, 0.25) is 6.36 Å². The number of alkyl halides is 1. The Morgan fingerprint density at radius 3 is 1.44 bits per heavy atom. The first-order chi connectivity index (χ1) is 16.5. The van der Waals surface area contributed by atoms with Crippen molar-refractivity contribution in [1.29, 1.82) is 0 Å².